The standard InChI is InChI=1S/C23H22N2O4/c1-14(26)20-21(17-8-4-6-10-19(17)29-2)25(23(28)22(20)27)12-11-15-13-24-18-9-5-3-7-16(15)18/h3-10,13,21,24,27H,11-12H2,1-2H3/t21-/m0/s1. The lowest BCUT2D eigenvalue weighted by atomic mass is 9.95. The number of aliphatic hydroxyl groups is 1. The highest BCUT2D eigenvalue weighted by molar-refractivity contribution is 6.08. The Balaban J connectivity index is 1.71. The molecule has 1 aliphatic heterocycles. The number of nitrogens with one attached hydrogen (secondary N) is 1. The monoisotopic (exact) mass is 390 g/mol. The van der Waals surface area contributed by atoms with Gasteiger partial charge in [0.2, 0.25) is 0 Å². The molecular formula is C23H22N2O4. The molecule has 1 atom stereocenters. The molecular weight excluding hydrogens is 368 g/mol. The van der Waals surface area contributed by atoms with Crippen LogP contribution in [0, 0.1) is 0 Å². The molecule has 0 saturated carbocycles. The average molecular weight is 390 g/mol. The zero-order valence-electron chi connectivity index (χ0n) is 16.3. The van der Waals surface area contributed by atoms with Gasteiger partial charge >= 0.3 is 0 Å². The molecule has 0 unspecified atom stereocenters. The summed E-state index contributed by atoms with van der Waals surface area (Å²) in [6.45, 7) is 1.72. The van der Waals surface area contributed by atoms with E-state index in [4.69, 9.17) is 4.74 Å². The lowest BCUT2D eigenvalue weighted by molar-refractivity contribution is -0.129. The van der Waals surface area contributed by atoms with Crippen LogP contribution in [0.25, 0.3) is 10.9 Å². The molecule has 148 valence electrons. The van der Waals surface area contributed by atoms with Gasteiger partial charge < -0.3 is 19.7 Å². The topological polar surface area (TPSA) is 82.6 Å². The highest BCUT2D eigenvalue weighted by Gasteiger charge is 2.43. The normalized spacial score (nSPS) is 16.7. The average Bonchev–Trinajstić information content (AvgIpc) is 3.25. The number of fused-ring (bicyclic) bond motifs is 1. The Morgan fingerprint density at radius 1 is 1.17 bits per heavy atom. The number of aromatic nitrogens is 1. The summed E-state index contributed by atoms with van der Waals surface area (Å²) < 4.78 is 5.45. The number of benzene rings is 2. The Morgan fingerprint density at radius 2 is 1.90 bits per heavy atom. The van der Waals surface area contributed by atoms with Crippen molar-refractivity contribution in [2.24, 2.45) is 0 Å². The smallest absolute Gasteiger partial charge is 0.290 e. The number of aliphatic hydroxyl groups excluding tert-OH is 1. The van der Waals surface area contributed by atoms with E-state index in [2.05, 4.69) is 4.98 Å². The zero-order chi connectivity index (χ0) is 20.5. The molecule has 2 N–H and O–H groups in total. The van der Waals surface area contributed by atoms with Crippen LogP contribution in [0.4, 0.5) is 0 Å². The van der Waals surface area contributed by atoms with Crippen molar-refractivity contribution in [1.29, 1.82) is 0 Å². The number of para-hydroxylation sites is 2. The molecule has 0 saturated heterocycles. The van der Waals surface area contributed by atoms with Gasteiger partial charge in [-0.3, -0.25) is 9.59 Å². The number of Topliss-reactive ketones (excluding diaryl/α,β-unsaturated/α-hetero) is 1. The van der Waals surface area contributed by atoms with E-state index in [-0.39, 0.29) is 11.4 Å². The van der Waals surface area contributed by atoms with E-state index in [9.17, 15) is 14.7 Å². The number of carbonyl (C=O) groups is 2. The molecule has 1 aromatic heterocycles. The van der Waals surface area contributed by atoms with E-state index in [1.165, 1.54) is 6.92 Å². The largest absolute Gasteiger partial charge is 0.503 e. The van der Waals surface area contributed by atoms with E-state index >= 15 is 0 Å². The molecule has 1 amide bonds. The van der Waals surface area contributed by atoms with Gasteiger partial charge in [0.05, 0.1) is 18.7 Å². The molecule has 0 spiro atoms. The first-order valence-corrected chi connectivity index (χ1v) is 9.46. The Kier molecular flexibility index (Phi) is 4.84. The number of rotatable bonds is 6. The fourth-order valence-corrected chi connectivity index (χ4v) is 4.04. The second kappa shape index (κ2) is 7.47. The SMILES string of the molecule is COc1ccccc1[C@H]1C(C(C)=O)=C(O)C(=O)N1CCc1c[nH]c2ccccc12. The van der Waals surface area contributed by atoms with Crippen molar-refractivity contribution in [2.45, 2.75) is 19.4 Å². The predicted molar refractivity (Wildman–Crippen MR) is 110 cm³/mol. The van der Waals surface area contributed by atoms with Crippen molar-refractivity contribution < 1.29 is 19.4 Å². The van der Waals surface area contributed by atoms with Gasteiger partial charge in [-0.25, -0.2) is 0 Å². The zero-order valence-corrected chi connectivity index (χ0v) is 16.3. The van der Waals surface area contributed by atoms with Crippen molar-refractivity contribution in [3.05, 3.63) is 77.2 Å². The van der Waals surface area contributed by atoms with Gasteiger partial charge in [-0.2, -0.15) is 0 Å². The summed E-state index contributed by atoms with van der Waals surface area (Å²) in [6.07, 6.45) is 2.52. The maximum absolute atomic E-state index is 12.8. The van der Waals surface area contributed by atoms with Gasteiger partial charge in [0.15, 0.2) is 11.5 Å². The third-order valence-electron chi connectivity index (χ3n) is 5.41. The summed E-state index contributed by atoms with van der Waals surface area (Å²) in [7, 11) is 1.54. The number of hydrogen-bond acceptors (Lipinski definition) is 4. The molecule has 6 nitrogen and oxygen atoms in total. The molecule has 4 rings (SSSR count). The summed E-state index contributed by atoms with van der Waals surface area (Å²) in [6, 6.07) is 14.5. The summed E-state index contributed by atoms with van der Waals surface area (Å²) in [5.41, 5.74) is 2.89. The summed E-state index contributed by atoms with van der Waals surface area (Å²) in [5, 5.41) is 11.5. The van der Waals surface area contributed by atoms with E-state index in [0.29, 0.717) is 24.3 Å². The fourth-order valence-electron chi connectivity index (χ4n) is 4.04. The number of hydrogen-bond donors (Lipinski definition) is 2. The Hall–Kier alpha value is -3.54. The second-order valence-electron chi connectivity index (χ2n) is 7.07. The van der Waals surface area contributed by atoms with Crippen LogP contribution in [0.3, 0.4) is 0 Å². The van der Waals surface area contributed by atoms with Crippen molar-refractivity contribution in [3.63, 3.8) is 0 Å². The first-order chi connectivity index (χ1) is 14.0. The lowest BCUT2D eigenvalue weighted by Gasteiger charge is -2.27. The van der Waals surface area contributed by atoms with Crippen molar-refractivity contribution in [2.75, 3.05) is 13.7 Å². The van der Waals surface area contributed by atoms with Crippen molar-refractivity contribution in [3.8, 4) is 5.75 Å². The van der Waals surface area contributed by atoms with Gasteiger partial charge in [-0.1, -0.05) is 36.4 Å². The molecule has 2 aromatic carbocycles. The fraction of sp³-hybridized carbons (Fsp3) is 0.217. The number of ether oxygens (including phenoxy) is 1. The highest BCUT2D eigenvalue weighted by Crippen LogP contribution is 2.41. The molecule has 2 heterocycles. The summed E-state index contributed by atoms with van der Waals surface area (Å²) in [5.74, 6) is -0.782. The number of amides is 1. The highest BCUT2D eigenvalue weighted by atomic mass is 16.5. The molecule has 0 aliphatic carbocycles. The van der Waals surface area contributed by atoms with Crippen LogP contribution >= 0.6 is 0 Å². The first-order valence-electron chi connectivity index (χ1n) is 9.46. The first kappa shape index (κ1) is 18.8. The molecule has 6 heteroatoms. The minimum Gasteiger partial charge on any atom is -0.503 e. The van der Waals surface area contributed by atoms with Crippen LogP contribution in [-0.2, 0) is 16.0 Å². The van der Waals surface area contributed by atoms with Crippen molar-refractivity contribution in [1.82, 2.24) is 9.88 Å². The molecule has 1 aliphatic rings. The van der Waals surface area contributed by atoms with Crippen LogP contribution in [0.15, 0.2) is 66.1 Å². The quantitative estimate of drug-likeness (QED) is 0.672. The van der Waals surface area contributed by atoms with Gasteiger partial charge in [-0.05, 0) is 31.0 Å². The third-order valence-corrected chi connectivity index (χ3v) is 5.41. The maximum Gasteiger partial charge on any atom is 0.290 e. The number of aromatic amines is 1. The third kappa shape index (κ3) is 3.16. The molecule has 3 aromatic rings. The summed E-state index contributed by atoms with van der Waals surface area (Å²) >= 11 is 0. The van der Waals surface area contributed by atoms with Crippen LogP contribution in [0.2, 0.25) is 0 Å². The number of H-pyrrole nitrogens is 1. The minimum atomic E-state index is -0.679. The predicted octanol–water partition coefficient (Wildman–Crippen LogP) is 3.70. The summed E-state index contributed by atoms with van der Waals surface area (Å²) in [4.78, 5) is 29.9. The van der Waals surface area contributed by atoms with Crippen LogP contribution in [0.1, 0.15) is 24.1 Å². The van der Waals surface area contributed by atoms with Gasteiger partial charge in [-0.15, -0.1) is 0 Å². The van der Waals surface area contributed by atoms with Gasteiger partial charge in [0.25, 0.3) is 5.91 Å². The van der Waals surface area contributed by atoms with Gasteiger partial charge in [0.1, 0.15) is 5.75 Å². The van der Waals surface area contributed by atoms with Crippen LogP contribution < -0.4 is 4.74 Å². The van der Waals surface area contributed by atoms with Crippen LogP contribution in [-0.4, -0.2) is 40.3 Å². The second-order valence-corrected chi connectivity index (χ2v) is 7.07. The molecule has 0 radical (unpaired) electrons. The number of ketones is 1. The molecule has 0 bridgehead atoms. The molecule has 29 heavy (non-hydrogen) atoms. The van der Waals surface area contributed by atoms with E-state index in [1.54, 1.807) is 18.1 Å². The number of methoxy groups -OCH3 is 1. The minimum absolute atomic E-state index is 0.110. The lowest BCUT2D eigenvalue weighted by Crippen LogP contribution is -2.33. The van der Waals surface area contributed by atoms with Crippen molar-refractivity contribution >= 4 is 22.6 Å². The van der Waals surface area contributed by atoms with Gasteiger partial charge in [0, 0.05) is 29.2 Å². The van der Waals surface area contributed by atoms with E-state index in [0.717, 1.165) is 16.5 Å². The number of nitrogens with zero attached hydrogens (tertiary/aromatic N) is 1. The Labute approximate surface area is 168 Å². The number of carbonyl (C=O) groups excluding carboxylic acids is 2. The Morgan fingerprint density at radius 3 is 2.66 bits per heavy atom. The van der Waals surface area contributed by atoms with Crippen LogP contribution in [0.5, 0.6) is 5.75 Å². The Bertz CT molecular complexity index is 1130. The van der Waals surface area contributed by atoms with E-state index < -0.39 is 17.7 Å². The maximum atomic E-state index is 12.8. The van der Waals surface area contributed by atoms with E-state index in [1.807, 2.05) is 48.7 Å². The molecule has 0 fully saturated rings.